The highest BCUT2D eigenvalue weighted by atomic mass is 32.2. The molecule has 9 heteroatoms. The summed E-state index contributed by atoms with van der Waals surface area (Å²) in [5, 5.41) is 6.67. The van der Waals surface area contributed by atoms with Crippen LogP contribution in [-0.2, 0) is 21.2 Å². The van der Waals surface area contributed by atoms with Gasteiger partial charge in [-0.15, -0.1) is 0 Å². The van der Waals surface area contributed by atoms with Crippen LogP contribution in [-0.4, -0.2) is 42.9 Å². The molecule has 0 atom stereocenters. The molecule has 8 nitrogen and oxygen atoms in total. The van der Waals surface area contributed by atoms with E-state index in [9.17, 15) is 13.2 Å². The van der Waals surface area contributed by atoms with Gasteiger partial charge in [-0.1, -0.05) is 41.6 Å². The lowest BCUT2D eigenvalue weighted by molar-refractivity contribution is -0.116. The summed E-state index contributed by atoms with van der Waals surface area (Å²) in [6, 6.07) is 15.7. The van der Waals surface area contributed by atoms with Crippen LogP contribution in [0.25, 0.3) is 11.4 Å². The smallest absolute Gasteiger partial charge is 0.242 e. The summed E-state index contributed by atoms with van der Waals surface area (Å²) >= 11 is 0. The summed E-state index contributed by atoms with van der Waals surface area (Å²) in [5.41, 5.74) is 1.30. The zero-order chi connectivity index (χ0) is 20.9. The number of carbonyl (C=O) groups excluding carboxylic acids is 1. The molecule has 0 aliphatic heterocycles. The van der Waals surface area contributed by atoms with Crippen molar-refractivity contribution in [2.24, 2.45) is 0 Å². The number of amides is 1. The number of hydrogen-bond donors (Lipinski definition) is 1. The fourth-order valence-electron chi connectivity index (χ4n) is 2.63. The molecule has 0 saturated heterocycles. The minimum Gasteiger partial charge on any atom is -0.339 e. The van der Waals surface area contributed by atoms with Gasteiger partial charge in [0, 0.05) is 38.2 Å². The molecule has 0 saturated carbocycles. The van der Waals surface area contributed by atoms with Crippen molar-refractivity contribution in [3.63, 3.8) is 0 Å². The molecule has 0 radical (unpaired) electrons. The second-order valence-corrected chi connectivity index (χ2v) is 8.75. The molecule has 3 rings (SSSR count). The first-order valence-corrected chi connectivity index (χ1v) is 10.5. The van der Waals surface area contributed by atoms with Crippen LogP contribution in [0.2, 0.25) is 0 Å². The molecule has 2 aromatic carbocycles. The average Bonchev–Trinajstić information content (AvgIpc) is 3.17. The number of hydrogen-bond acceptors (Lipinski definition) is 6. The second kappa shape index (κ2) is 8.97. The van der Waals surface area contributed by atoms with E-state index < -0.39 is 10.0 Å². The molecule has 152 valence electrons. The molecular weight excluding hydrogens is 392 g/mol. The number of carbonyl (C=O) groups is 1. The molecule has 0 aliphatic rings. The Labute approximate surface area is 169 Å². The van der Waals surface area contributed by atoms with Crippen molar-refractivity contribution >= 4 is 21.6 Å². The Morgan fingerprint density at radius 1 is 1.10 bits per heavy atom. The van der Waals surface area contributed by atoms with Gasteiger partial charge in [0.1, 0.15) is 0 Å². The Hall–Kier alpha value is -3.04. The first-order chi connectivity index (χ1) is 13.9. The van der Waals surface area contributed by atoms with Crippen LogP contribution in [0.1, 0.15) is 18.7 Å². The maximum atomic E-state index is 12.2. The average molecular weight is 414 g/mol. The molecule has 0 fully saturated rings. The number of sulfonamides is 1. The fraction of sp³-hybridized carbons (Fsp3) is 0.250. The van der Waals surface area contributed by atoms with Crippen molar-refractivity contribution in [1.29, 1.82) is 0 Å². The van der Waals surface area contributed by atoms with E-state index in [4.69, 9.17) is 4.52 Å². The summed E-state index contributed by atoms with van der Waals surface area (Å²) in [6.07, 6.45) is 1.24. The molecule has 0 spiro atoms. The standard InChI is InChI=1S/C20H22N4O4S/c1-24(2)29(26,27)17-11-6-10-16(14-17)21-18(25)12-7-13-19-22-20(23-28-19)15-8-4-3-5-9-15/h3-6,8-11,14H,7,12-13H2,1-2H3,(H,21,25). The zero-order valence-electron chi connectivity index (χ0n) is 16.2. The summed E-state index contributed by atoms with van der Waals surface area (Å²) in [7, 11) is -0.635. The van der Waals surface area contributed by atoms with Crippen LogP contribution in [0.3, 0.4) is 0 Å². The van der Waals surface area contributed by atoms with Gasteiger partial charge in [-0.25, -0.2) is 12.7 Å². The van der Waals surface area contributed by atoms with Gasteiger partial charge >= 0.3 is 0 Å². The number of benzene rings is 2. The van der Waals surface area contributed by atoms with Gasteiger partial charge in [-0.2, -0.15) is 4.98 Å². The molecular formula is C20H22N4O4S. The second-order valence-electron chi connectivity index (χ2n) is 6.59. The lowest BCUT2D eigenvalue weighted by Crippen LogP contribution is -2.22. The first-order valence-electron chi connectivity index (χ1n) is 9.07. The lowest BCUT2D eigenvalue weighted by atomic mass is 10.2. The Kier molecular flexibility index (Phi) is 6.40. The number of rotatable bonds is 8. The lowest BCUT2D eigenvalue weighted by Gasteiger charge is -2.12. The molecule has 1 aromatic heterocycles. The van der Waals surface area contributed by atoms with Gasteiger partial charge in [0.15, 0.2) is 0 Å². The predicted octanol–water partition coefficient (Wildman–Crippen LogP) is 2.95. The maximum Gasteiger partial charge on any atom is 0.242 e. The van der Waals surface area contributed by atoms with E-state index in [0.29, 0.717) is 30.2 Å². The summed E-state index contributed by atoms with van der Waals surface area (Å²) < 4.78 is 30.7. The SMILES string of the molecule is CN(C)S(=O)(=O)c1cccc(NC(=O)CCCc2nc(-c3ccccc3)no2)c1. The number of aryl methyl sites for hydroxylation is 1. The molecule has 3 aromatic rings. The normalized spacial score (nSPS) is 11.6. The maximum absolute atomic E-state index is 12.2. The molecule has 1 amide bonds. The minimum atomic E-state index is -3.55. The molecule has 0 unspecified atom stereocenters. The van der Waals surface area contributed by atoms with E-state index in [2.05, 4.69) is 15.5 Å². The highest BCUT2D eigenvalue weighted by Crippen LogP contribution is 2.19. The number of nitrogens with one attached hydrogen (secondary N) is 1. The van der Waals surface area contributed by atoms with Gasteiger partial charge < -0.3 is 9.84 Å². The van der Waals surface area contributed by atoms with Gasteiger partial charge in [0.05, 0.1) is 4.90 Å². The van der Waals surface area contributed by atoms with Gasteiger partial charge in [-0.05, 0) is 24.6 Å². The predicted molar refractivity (Wildman–Crippen MR) is 109 cm³/mol. The van der Waals surface area contributed by atoms with E-state index in [1.807, 2.05) is 30.3 Å². The summed E-state index contributed by atoms with van der Waals surface area (Å²) in [6.45, 7) is 0. The molecule has 1 N–H and O–H groups in total. The highest BCUT2D eigenvalue weighted by Gasteiger charge is 2.17. The number of nitrogens with zero attached hydrogens (tertiary/aromatic N) is 3. The number of aromatic nitrogens is 2. The van der Waals surface area contributed by atoms with Crippen LogP contribution in [0.5, 0.6) is 0 Å². The van der Waals surface area contributed by atoms with Crippen molar-refractivity contribution in [2.45, 2.75) is 24.2 Å². The third-order valence-corrected chi connectivity index (χ3v) is 6.00. The monoisotopic (exact) mass is 414 g/mol. The number of anilines is 1. The van der Waals surface area contributed by atoms with E-state index in [1.54, 1.807) is 12.1 Å². The third-order valence-electron chi connectivity index (χ3n) is 4.19. The van der Waals surface area contributed by atoms with Gasteiger partial charge in [-0.3, -0.25) is 4.79 Å². The Balaban J connectivity index is 1.53. The molecule has 0 bridgehead atoms. The van der Waals surface area contributed by atoms with Crippen LogP contribution in [0.4, 0.5) is 5.69 Å². The largest absolute Gasteiger partial charge is 0.339 e. The van der Waals surface area contributed by atoms with Crippen molar-refractivity contribution in [1.82, 2.24) is 14.4 Å². The van der Waals surface area contributed by atoms with Gasteiger partial charge in [0.2, 0.25) is 27.6 Å². The molecule has 1 heterocycles. The topological polar surface area (TPSA) is 105 Å². The van der Waals surface area contributed by atoms with E-state index in [0.717, 1.165) is 9.87 Å². The van der Waals surface area contributed by atoms with Gasteiger partial charge in [0.25, 0.3) is 0 Å². The van der Waals surface area contributed by atoms with Crippen molar-refractivity contribution in [3.05, 3.63) is 60.5 Å². The first kappa shape index (κ1) is 20.7. The van der Waals surface area contributed by atoms with Crippen LogP contribution >= 0.6 is 0 Å². The fourth-order valence-corrected chi connectivity index (χ4v) is 3.58. The quantitative estimate of drug-likeness (QED) is 0.608. The zero-order valence-corrected chi connectivity index (χ0v) is 17.0. The summed E-state index contributed by atoms with van der Waals surface area (Å²) in [5.74, 6) is 0.770. The Bertz CT molecular complexity index is 1080. The highest BCUT2D eigenvalue weighted by molar-refractivity contribution is 7.89. The minimum absolute atomic E-state index is 0.125. The van der Waals surface area contributed by atoms with Crippen LogP contribution < -0.4 is 5.32 Å². The van der Waals surface area contributed by atoms with E-state index in [1.165, 1.54) is 26.2 Å². The van der Waals surface area contributed by atoms with E-state index >= 15 is 0 Å². The summed E-state index contributed by atoms with van der Waals surface area (Å²) in [4.78, 5) is 16.6. The van der Waals surface area contributed by atoms with E-state index in [-0.39, 0.29) is 17.2 Å². The van der Waals surface area contributed by atoms with Crippen LogP contribution in [0.15, 0.2) is 64.0 Å². The Morgan fingerprint density at radius 2 is 1.86 bits per heavy atom. The Morgan fingerprint density at radius 3 is 2.59 bits per heavy atom. The van der Waals surface area contributed by atoms with Crippen molar-refractivity contribution in [3.8, 4) is 11.4 Å². The van der Waals surface area contributed by atoms with Crippen LogP contribution in [0, 0.1) is 0 Å². The third kappa shape index (κ3) is 5.27. The molecule has 0 aliphatic carbocycles. The van der Waals surface area contributed by atoms with Crippen molar-refractivity contribution in [2.75, 3.05) is 19.4 Å². The van der Waals surface area contributed by atoms with Crippen molar-refractivity contribution < 1.29 is 17.7 Å². The molecule has 29 heavy (non-hydrogen) atoms.